The van der Waals surface area contributed by atoms with E-state index in [0.29, 0.717) is 36.6 Å². The standard InChI is InChI=1S/C22H35N11/c1-31(2)20-27-16(25-18(23)29-20)11-33(12-17-26-19(24)30-21(28-17)32(3)4)22-8-13-5-14(9-22)7-15(6-13)10-22/h13-15H,5-12H2,1-4H3,(H2,23,25,27,29)(H2,24,26,28,30). The molecule has 0 aromatic carbocycles. The number of nitrogens with two attached hydrogens (primary N) is 2. The van der Waals surface area contributed by atoms with Crippen LogP contribution in [0.1, 0.15) is 50.2 Å². The van der Waals surface area contributed by atoms with Crippen molar-refractivity contribution in [1.29, 1.82) is 0 Å². The summed E-state index contributed by atoms with van der Waals surface area (Å²) in [6.07, 6.45) is 7.75. The van der Waals surface area contributed by atoms with E-state index in [1.54, 1.807) is 0 Å². The van der Waals surface area contributed by atoms with Gasteiger partial charge < -0.3 is 21.3 Å². The van der Waals surface area contributed by atoms with Crippen LogP contribution >= 0.6 is 0 Å². The highest BCUT2D eigenvalue weighted by Crippen LogP contribution is 2.58. The van der Waals surface area contributed by atoms with E-state index in [0.717, 1.165) is 17.8 Å². The number of rotatable bonds is 7. The second-order valence-corrected chi connectivity index (χ2v) is 10.6. The fraction of sp³-hybridized carbons (Fsp3) is 0.727. The van der Waals surface area contributed by atoms with Gasteiger partial charge in [-0.3, -0.25) is 4.90 Å². The van der Waals surface area contributed by atoms with E-state index in [2.05, 4.69) is 24.8 Å². The summed E-state index contributed by atoms with van der Waals surface area (Å²) in [5.74, 6) is 5.40. The summed E-state index contributed by atoms with van der Waals surface area (Å²) in [6, 6.07) is 0. The van der Waals surface area contributed by atoms with E-state index in [9.17, 15) is 0 Å². The number of aromatic nitrogens is 6. The minimum atomic E-state index is 0.105. The van der Waals surface area contributed by atoms with Gasteiger partial charge in [0.2, 0.25) is 23.8 Å². The molecular formula is C22H35N11. The van der Waals surface area contributed by atoms with Crippen LogP contribution in [0.5, 0.6) is 0 Å². The molecule has 0 radical (unpaired) electrons. The molecule has 4 aliphatic carbocycles. The largest absolute Gasteiger partial charge is 0.368 e. The molecule has 178 valence electrons. The summed E-state index contributed by atoms with van der Waals surface area (Å²) in [6.45, 7) is 1.14. The van der Waals surface area contributed by atoms with Crippen molar-refractivity contribution >= 4 is 23.8 Å². The van der Waals surface area contributed by atoms with Gasteiger partial charge in [0.1, 0.15) is 11.6 Å². The molecule has 0 unspecified atom stereocenters. The molecule has 2 aromatic rings. The Labute approximate surface area is 195 Å². The topological polar surface area (TPSA) is 139 Å². The van der Waals surface area contributed by atoms with Gasteiger partial charge in [-0.1, -0.05) is 0 Å². The normalized spacial score (nSPS) is 27.8. The maximum absolute atomic E-state index is 6.04. The maximum atomic E-state index is 6.04. The third-order valence-corrected chi connectivity index (χ3v) is 7.52. The van der Waals surface area contributed by atoms with E-state index in [1.165, 1.54) is 38.5 Å². The lowest BCUT2D eigenvalue weighted by Gasteiger charge is -2.60. The molecule has 2 heterocycles. The Morgan fingerprint density at radius 3 is 1.42 bits per heavy atom. The van der Waals surface area contributed by atoms with Crippen LogP contribution in [0.3, 0.4) is 0 Å². The van der Waals surface area contributed by atoms with Crippen LogP contribution in [-0.4, -0.2) is 68.5 Å². The lowest BCUT2D eigenvalue weighted by molar-refractivity contribution is -0.0978. The predicted molar refractivity (Wildman–Crippen MR) is 127 cm³/mol. The zero-order chi connectivity index (χ0) is 23.3. The van der Waals surface area contributed by atoms with Crippen LogP contribution in [0.2, 0.25) is 0 Å². The summed E-state index contributed by atoms with van der Waals surface area (Å²) in [7, 11) is 7.63. The SMILES string of the molecule is CN(C)c1nc(N)nc(CN(Cc2nc(N)nc(N(C)C)n2)C23CC4CC(CC(C4)C2)C3)n1. The van der Waals surface area contributed by atoms with Crippen LogP contribution in [0.25, 0.3) is 0 Å². The minimum absolute atomic E-state index is 0.105. The molecular weight excluding hydrogens is 418 g/mol. The molecule has 0 spiro atoms. The van der Waals surface area contributed by atoms with E-state index >= 15 is 0 Å². The molecule has 0 aliphatic heterocycles. The number of hydrogen-bond donors (Lipinski definition) is 2. The van der Waals surface area contributed by atoms with Gasteiger partial charge in [-0.15, -0.1) is 0 Å². The Morgan fingerprint density at radius 1 is 0.667 bits per heavy atom. The molecule has 4 aliphatic rings. The highest BCUT2D eigenvalue weighted by molar-refractivity contribution is 5.33. The van der Waals surface area contributed by atoms with Gasteiger partial charge >= 0.3 is 0 Å². The summed E-state index contributed by atoms with van der Waals surface area (Å²) >= 11 is 0. The molecule has 4 bridgehead atoms. The van der Waals surface area contributed by atoms with Gasteiger partial charge in [0.25, 0.3) is 0 Å². The van der Waals surface area contributed by atoms with Crippen LogP contribution in [0.4, 0.5) is 23.8 Å². The highest BCUT2D eigenvalue weighted by atomic mass is 15.3. The molecule has 11 heteroatoms. The molecule has 33 heavy (non-hydrogen) atoms. The molecule has 6 rings (SSSR count). The molecule has 4 N–H and O–H groups in total. The van der Waals surface area contributed by atoms with Gasteiger partial charge in [-0.05, 0) is 56.3 Å². The summed E-state index contributed by atoms with van der Waals surface area (Å²) in [5, 5.41) is 0. The first kappa shape index (κ1) is 22.0. The van der Waals surface area contributed by atoms with Crippen molar-refractivity contribution in [3.63, 3.8) is 0 Å². The van der Waals surface area contributed by atoms with Crippen molar-refractivity contribution in [3.05, 3.63) is 11.6 Å². The van der Waals surface area contributed by atoms with Crippen molar-refractivity contribution in [2.45, 2.75) is 57.2 Å². The highest BCUT2D eigenvalue weighted by Gasteiger charge is 2.53. The lowest BCUT2D eigenvalue weighted by atomic mass is 9.52. The van der Waals surface area contributed by atoms with Crippen LogP contribution < -0.4 is 21.3 Å². The van der Waals surface area contributed by atoms with E-state index in [4.69, 9.17) is 21.4 Å². The van der Waals surface area contributed by atoms with E-state index in [1.807, 2.05) is 38.0 Å². The number of anilines is 4. The molecule has 4 fully saturated rings. The molecule has 11 nitrogen and oxygen atoms in total. The Kier molecular flexibility index (Phi) is 5.46. The van der Waals surface area contributed by atoms with Gasteiger partial charge in [-0.25, -0.2) is 0 Å². The lowest BCUT2D eigenvalue weighted by Crippen LogP contribution is -2.59. The number of nitrogen functional groups attached to an aromatic ring is 2. The van der Waals surface area contributed by atoms with Crippen molar-refractivity contribution < 1.29 is 0 Å². The second kappa shape index (κ2) is 8.19. The first-order valence-corrected chi connectivity index (χ1v) is 11.8. The van der Waals surface area contributed by atoms with Crippen LogP contribution in [0, 0.1) is 17.8 Å². The molecule has 2 aromatic heterocycles. The molecule has 0 atom stereocenters. The van der Waals surface area contributed by atoms with Crippen molar-refractivity contribution in [3.8, 4) is 0 Å². The van der Waals surface area contributed by atoms with E-state index < -0.39 is 0 Å². The monoisotopic (exact) mass is 453 g/mol. The Morgan fingerprint density at radius 2 is 1.06 bits per heavy atom. The van der Waals surface area contributed by atoms with Crippen LogP contribution in [0.15, 0.2) is 0 Å². The fourth-order valence-corrected chi connectivity index (χ4v) is 6.58. The fourth-order valence-electron chi connectivity index (χ4n) is 6.58. The van der Waals surface area contributed by atoms with Crippen molar-refractivity contribution in [1.82, 2.24) is 34.8 Å². The van der Waals surface area contributed by atoms with Gasteiger partial charge in [-0.2, -0.15) is 29.9 Å². The van der Waals surface area contributed by atoms with Crippen LogP contribution in [-0.2, 0) is 13.1 Å². The summed E-state index contributed by atoms with van der Waals surface area (Å²) < 4.78 is 0. The maximum Gasteiger partial charge on any atom is 0.229 e. The average molecular weight is 454 g/mol. The predicted octanol–water partition coefficient (Wildman–Crippen LogP) is 1.32. The van der Waals surface area contributed by atoms with Crippen molar-refractivity contribution in [2.24, 2.45) is 17.8 Å². The zero-order valence-electron chi connectivity index (χ0n) is 20.1. The van der Waals surface area contributed by atoms with Crippen molar-refractivity contribution in [2.75, 3.05) is 49.5 Å². The van der Waals surface area contributed by atoms with E-state index in [-0.39, 0.29) is 17.4 Å². The average Bonchev–Trinajstić information content (AvgIpc) is 2.71. The second-order valence-electron chi connectivity index (χ2n) is 10.6. The number of nitrogens with zero attached hydrogens (tertiary/aromatic N) is 9. The quantitative estimate of drug-likeness (QED) is 0.627. The Hall–Kier alpha value is -2.82. The third-order valence-electron chi connectivity index (χ3n) is 7.52. The third kappa shape index (κ3) is 4.38. The first-order chi connectivity index (χ1) is 15.7. The minimum Gasteiger partial charge on any atom is -0.368 e. The smallest absolute Gasteiger partial charge is 0.229 e. The van der Waals surface area contributed by atoms with Gasteiger partial charge in [0.15, 0.2) is 0 Å². The molecule has 0 saturated heterocycles. The van der Waals surface area contributed by atoms with Gasteiger partial charge in [0, 0.05) is 33.7 Å². The zero-order valence-corrected chi connectivity index (χ0v) is 20.1. The molecule has 0 amide bonds. The Bertz CT molecular complexity index is 927. The molecule has 4 saturated carbocycles. The first-order valence-electron chi connectivity index (χ1n) is 11.8. The summed E-state index contributed by atoms with van der Waals surface area (Å²) in [4.78, 5) is 33.1. The number of hydrogen-bond acceptors (Lipinski definition) is 11. The Balaban J connectivity index is 1.51. The van der Waals surface area contributed by atoms with Gasteiger partial charge in [0.05, 0.1) is 13.1 Å². The summed E-state index contributed by atoms with van der Waals surface area (Å²) in [5.41, 5.74) is 12.2.